The maximum Gasteiger partial charge on any atom is 0.323 e. The molecule has 0 bridgehead atoms. The van der Waals surface area contributed by atoms with Gasteiger partial charge in [-0.15, -0.1) is 0 Å². The van der Waals surface area contributed by atoms with E-state index in [1.807, 2.05) is 6.92 Å². The number of carboxylic acid groups (broad SMARTS) is 1. The van der Waals surface area contributed by atoms with Crippen LogP contribution in [0.25, 0.3) is 0 Å². The fourth-order valence-electron chi connectivity index (χ4n) is 3.06. The van der Waals surface area contributed by atoms with Crippen LogP contribution in [0.5, 0.6) is 0 Å². The molecule has 3 unspecified atom stereocenters. The van der Waals surface area contributed by atoms with Crippen LogP contribution in [0.15, 0.2) is 0 Å². The highest BCUT2D eigenvalue weighted by atomic mass is 16.4. The van der Waals surface area contributed by atoms with Crippen LogP contribution in [-0.2, 0) is 4.79 Å². The zero-order valence-corrected chi connectivity index (χ0v) is 10.2. The van der Waals surface area contributed by atoms with Gasteiger partial charge >= 0.3 is 5.97 Å². The molecule has 2 aliphatic heterocycles. The van der Waals surface area contributed by atoms with Crippen molar-refractivity contribution in [3.8, 4) is 0 Å². The molecule has 3 atom stereocenters. The second kappa shape index (κ2) is 4.34. The van der Waals surface area contributed by atoms with Crippen LogP contribution in [0.4, 0.5) is 0 Å². The predicted molar refractivity (Wildman–Crippen MR) is 62.4 cm³/mol. The van der Waals surface area contributed by atoms with Gasteiger partial charge < -0.3 is 15.3 Å². The first-order chi connectivity index (χ1) is 7.55. The van der Waals surface area contributed by atoms with E-state index >= 15 is 0 Å². The predicted octanol–water partition coefficient (Wildman–Crippen LogP) is 0.781. The molecular weight excluding hydrogens is 204 g/mol. The summed E-state index contributed by atoms with van der Waals surface area (Å²) in [6.07, 6.45) is 2.01. The lowest BCUT2D eigenvalue weighted by Crippen LogP contribution is -2.44. The maximum atomic E-state index is 11.1. The van der Waals surface area contributed by atoms with Crippen molar-refractivity contribution in [2.75, 3.05) is 26.2 Å². The highest BCUT2D eigenvalue weighted by Gasteiger charge is 2.44. The van der Waals surface area contributed by atoms with Gasteiger partial charge in [0.2, 0.25) is 0 Å². The van der Waals surface area contributed by atoms with Gasteiger partial charge in [0, 0.05) is 6.54 Å². The molecular formula is C12H22N2O2. The van der Waals surface area contributed by atoms with Crippen LogP contribution in [-0.4, -0.2) is 47.7 Å². The van der Waals surface area contributed by atoms with Crippen molar-refractivity contribution in [1.29, 1.82) is 0 Å². The SMILES string of the molecule is CCN1CCC(C2CNC(C)(C(=O)O)C2)C1. The van der Waals surface area contributed by atoms with E-state index in [0.29, 0.717) is 11.8 Å². The normalized spacial score (nSPS) is 40.4. The van der Waals surface area contributed by atoms with Gasteiger partial charge in [-0.05, 0) is 51.2 Å². The van der Waals surface area contributed by atoms with Gasteiger partial charge in [0.1, 0.15) is 5.54 Å². The molecule has 2 saturated heterocycles. The summed E-state index contributed by atoms with van der Waals surface area (Å²) < 4.78 is 0. The Kier molecular flexibility index (Phi) is 3.22. The quantitative estimate of drug-likeness (QED) is 0.747. The molecule has 0 aromatic heterocycles. The van der Waals surface area contributed by atoms with E-state index in [9.17, 15) is 4.79 Å². The van der Waals surface area contributed by atoms with Crippen molar-refractivity contribution in [3.05, 3.63) is 0 Å². The molecule has 0 radical (unpaired) electrons. The van der Waals surface area contributed by atoms with E-state index in [2.05, 4.69) is 17.1 Å². The molecule has 2 aliphatic rings. The molecule has 2 fully saturated rings. The summed E-state index contributed by atoms with van der Waals surface area (Å²) in [7, 11) is 0. The largest absolute Gasteiger partial charge is 0.480 e. The Morgan fingerprint density at radius 1 is 1.56 bits per heavy atom. The van der Waals surface area contributed by atoms with Crippen LogP contribution in [0.3, 0.4) is 0 Å². The lowest BCUT2D eigenvalue weighted by atomic mass is 9.85. The average molecular weight is 226 g/mol. The minimum atomic E-state index is -0.708. The Bertz CT molecular complexity index is 282. The van der Waals surface area contributed by atoms with Crippen molar-refractivity contribution in [2.24, 2.45) is 11.8 Å². The second-order valence-corrected chi connectivity index (χ2v) is 5.42. The van der Waals surface area contributed by atoms with E-state index < -0.39 is 11.5 Å². The average Bonchev–Trinajstić information content (AvgIpc) is 2.84. The van der Waals surface area contributed by atoms with Crippen LogP contribution in [0.2, 0.25) is 0 Å². The maximum absolute atomic E-state index is 11.1. The van der Waals surface area contributed by atoms with Gasteiger partial charge in [0.05, 0.1) is 0 Å². The third-order valence-electron chi connectivity index (χ3n) is 4.32. The van der Waals surface area contributed by atoms with Crippen LogP contribution >= 0.6 is 0 Å². The van der Waals surface area contributed by atoms with Crippen molar-refractivity contribution >= 4 is 5.97 Å². The first-order valence-electron chi connectivity index (χ1n) is 6.26. The molecule has 16 heavy (non-hydrogen) atoms. The highest BCUT2D eigenvalue weighted by molar-refractivity contribution is 5.78. The molecule has 0 amide bonds. The lowest BCUT2D eigenvalue weighted by molar-refractivity contribution is -0.143. The number of hydrogen-bond donors (Lipinski definition) is 2. The molecule has 0 saturated carbocycles. The summed E-state index contributed by atoms with van der Waals surface area (Å²) >= 11 is 0. The lowest BCUT2D eigenvalue weighted by Gasteiger charge is -2.21. The van der Waals surface area contributed by atoms with Crippen molar-refractivity contribution in [1.82, 2.24) is 10.2 Å². The summed E-state index contributed by atoms with van der Waals surface area (Å²) in [4.78, 5) is 13.6. The molecule has 4 nitrogen and oxygen atoms in total. The smallest absolute Gasteiger partial charge is 0.323 e. The number of hydrogen-bond acceptors (Lipinski definition) is 3. The first kappa shape index (κ1) is 11.9. The van der Waals surface area contributed by atoms with Gasteiger partial charge in [-0.25, -0.2) is 0 Å². The van der Waals surface area contributed by atoms with Crippen LogP contribution < -0.4 is 5.32 Å². The van der Waals surface area contributed by atoms with Gasteiger partial charge in [0.15, 0.2) is 0 Å². The molecule has 0 aromatic rings. The number of likely N-dealkylation sites (tertiary alicyclic amines) is 1. The molecule has 0 spiro atoms. The van der Waals surface area contributed by atoms with Gasteiger partial charge in [-0.3, -0.25) is 4.79 Å². The van der Waals surface area contributed by atoms with Crippen LogP contribution in [0, 0.1) is 11.8 Å². The van der Waals surface area contributed by atoms with Crippen molar-refractivity contribution in [3.63, 3.8) is 0 Å². The van der Waals surface area contributed by atoms with Gasteiger partial charge in [-0.1, -0.05) is 6.92 Å². The molecule has 2 heterocycles. The second-order valence-electron chi connectivity index (χ2n) is 5.42. The van der Waals surface area contributed by atoms with E-state index in [0.717, 1.165) is 26.1 Å². The fraction of sp³-hybridized carbons (Fsp3) is 0.917. The molecule has 2 rings (SSSR count). The number of rotatable bonds is 3. The Balaban J connectivity index is 1.92. The minimum absolute atomic E-state index is 0.539. The van der Waals surface area contributed by atoms with Gasteiger partial charge in [0.25, 0.3) is 0 Å². The Morgan fingerprint density at radius 3 is 2.81 bits per heavy atom. The number of carbonyl (C=O) groups is 1. The summed E-state index contributed by atoms with van der Waals surface area (Å²) in [6.45, 7) is 8.32. The minimum Gasteiger partial charge on any atom is -0.480 e. The van der Waals surface area contributed by atoms with Crippen molar-refractivity contribution < 1.29 is 9.90 Å². The molecule has 92 valence electrons. The highest BCUT2D eigenvalue weighted by Crippen LogP contribution is 2.34. The monoisotopic (exact) mass is 226 g/mol. The summed E-state index contributed by atoms with van der Waals surface area (Å²) in [6, 6.07) is 0. The number of nitrogens with zero attached hydrogens (tertiary/aromatic N) is 1. The molecule has 4 heteroatoms. The number of aliphatic carboxylic acids is 1. The summed E-state index contributed by atoms with van der Waals surface area (Å²) in [5, 5.41) is 12.3. The number of nitrogens with one attached hydrogen (secondary N) is 1. The third-order valence-corrected chi connectivity index (χ3v) is 4.32. The summed E-state index contributed by atoms with van der Waals surface area (Å²) in [5.74, 6) is 0.520. The Labute approximate surface area is 97.0 Å². The zero-order chi connectivity index (χ0) is 11.8. The standard InChI is InChI=1S/C12H22N2O2/c1-3-14-5-4-9(8-14)10-6-12(2,11(15)16)13-7-10/h9-10,13H,3-8H2,1-2H3,(H,15,16). The molecule has 0 aliphatic carbocycles. The van der Waals surface area contributed by atoms with Crippen molar-refractivity contribution in [2.45, 2.75) is 32.2 Å². The topological polar surface area (TPSA) is 52.6 Å². The fourth-order valence-corrected chi connectivity index (χ4v) is 3.06. The van der Waals surface area contributed by atoms with E-state index in [1.54, 1.807) is 0 Å². The molecule has 2 N–H and O–H groups in total. The molecule has 0 aromatic carbocycles. The Morgan fingerprint density at radius 2 is 2.31 bits per heavy atom. The van der Waals surface area contributed by atoms with Gasteiger partial charge in [-0.2, -0.15) is 0 Å². The number of carboxylic acids is 1. The zero-order valence-electron chi connectivity index (χ0n) is 10.2. The van der Waals surface area contributed by atoms with Crippen LogP contribution in [0.1, 0.15) is 26.7 Å². The first-order valence-corrected chi connectivity index (χ1v) is 6.26. The summed E-state index contributed by atoms with van der Waals surface area (Å²) in [5.41, 5.74) is -0.690. The third kappa shape index (κ3) is 2.09. The van der Waals surface area contributed by atoms with E-state index in [4.69, 9.17) is 5.11 Å². The Hall–Kier alpha value is -0.610. The van der Waals surface area contributed by atoms with E-state index in [-0.39, 0.29) is 0 Å². The van der Waals surface area contributed by atoms with E-state index in [1.165, 1.54) is 13.0 Å².